The molecule has 2 unspecified atom stereocenters. The number of imide groups is 1. The molecule has 0 spiro atoms. The largest absolute Gasteiger partial charge is 0.278 e. The Morgan fingerprint density at radius 3 is 2.30 bits per heavy atom. The molecule has 0 radical (unpaired) electrons. The zero-order chi connectivity index (χ0) is 14.3. The fourth-order valence-electron chi connectivity index (χ4n) is 2.85. The molecule has 20 heavy (non-hydrogen) atoms. The van der Waals surface area contributed by atoms with Crippen molar-refractivity contribution in [2.24, 2.45) is 11.8 Å². The van der Waals surface area contributed by atoms with E-state index in [1.165, 1.54) is 23.1 Å². The molecule has 3 rings (SSSR count). The van der Waals surface area contributed by atoms with Crippen LogP contribution in [0.25, 0.3) is 0 Å². The van der Waals surface area contributed by atoms with Crippen LogP contribution in [-0.4, -0.2) is 16.7 Å². The van der Waals surface area contributed by atoms with Crippen LogP contribution >= 0.6 is 11.6 Å². The predicted octanol–water partition coefficient (Wildman–Crippen LogP) is 2.93. The van der Waals surface area contributed by atoms with Gasteiger partial charge in [0.2, 0.25) is 11.8 Å². The van der Waals surface area contributed by atoms with Gasteiger partial charge in [0.25, 0.3) is 0 Å². The predicted molar refractivity (Wildman–Crippen MR) is 72.3 cm³/mol. The van der Waals surface area contributed by atoms with E-state index in [0.29, 0.717) is 18.4 Å². The summed E-state index contributed by atoms with van der Waals surface area (Å²) in [6.07, 6.45) is 5.12. The van der Waals surface area contributed by atoms with Crippen LogP contribution in [0.2, 0.25) is 5.02 Å². The van der Waals surface area contributed by atoms with Crippen LogP contribution in [0.15, 0.2) is 30.4 Å². The average molecular weight is 294 g/mol. The molecule has 1 aromatic carbocycles. The first-order valence-electron chi connectivity index (χ1n) is 6.52. The van der Waals surface area contributed by atoms with Crippen LogP contribution in [0.4, 0.5) is 4.39 Å². The third kappa shape index (κ3) is 2.14. The maximum absolute atomic E-state index is 13.0. The minimum atomic E-state index is -0.435. The van der Waals surface area contributed by atoms with Crippen molar-refractivity contribution in [1.29, 1.82) is 0 Å². The van der Waals surface area contributed by atoms with E-state index in [2.05, 4.69) is 0 Å². The van der Waals surface area contributed by atoms with E-state index >= 15 is 0 Å². The van der Waals surface area contributed by atoms with E-state index in [-0.39, 0.29) is 35.2 Å². The van der Waals surface area contributed by atoms with Gasteiger partial charge >= 0.3 is 0 Å². The Kier molecular flexibility index (Phi) is 3.34. The van der Waals surface area contributed by atoms with Gasteiger partial charge in [0.05, 0.1) is 18.4 Å². The minimum absolute atomic E-state index is 0.115. The van der Waals surface area contributed by atoms with Gasteiger partial charge in [-0.15, -0.1) is 0 Å². The Morgan fingerprint density at radius 1 is 1.15 bits per heavy atom. The zero-order valence-corrected chi connectivity index (χ0v) is 11.4. The third-order valence-corrected chi connectivity index (χ3v) is 4.29. The van der Waals surface area contributed by atoms with Crippen LogP contribution in [0, 0.1) is 17.7 Å². The van der Waals surface area contributed by atoms with E-state index in [1.807, 2.05) is 12.2 Å². The number of benzene rings is 1. The summed E-state index contributed by atoms with van der Waals surface area (Å²) in [6.45, 7) is 0.115. The fraction of sp³-hybridized carbons (Fsp3) is 0.333. The summed E-state index contributed by atoms with van der Waals surface area (Å²) in [5, 5.41) is 0.235. The molecule has 3 nitrogen and oxygen atoms in total. The second-order valence-electron chi connectivity index (χ2n) is 5.15. The highest BCUT2D eigenvalue weighted by Crippen LogP contribution is 2.36. The van der Waals surface area contributed by atoms with Crippen molar-refractivity contribution < 1.29 is 14.0 Å². The van der Waals surface area contributed by atoms with Crippen LogP contribution < -0.4 is 0 Å². The summed E-state index contributed by atoms with van der Waals surface area (Å²) in [6, 6.07) is 3.98. The Labute approximate surface area is 121 Å². The van der Waals surface area contributed by atoms with Crippen LogP contribution in [0.5, 0.6) is 0 Å². The van der Waals surface area contributed by atoms with Gasteiger partial charge in [0.1, 0.15) is 5.82 Å². The molecule has 1 heterocycles. The number of nitrogens with zero attached hydrogens (tertiary/aromatic N) is 1. The molecule has 2 aliphatic rings. The number of rotatable bonds is 2. The molecule has 2 amide bonds. The molecule has 1 aliphatic carbocycles. The summed E-state index contributed by atoms with van der Waals surface area (Å²) < 4.78 is 13.0. The molecular formula is C15H13ClFNO2. The van der Waals surface area contributed by atoms with Gasteiger partial charge in [-0.05, 0) is 30.5 Å². The van der Waals surface area contributed by atoms with E-state index in [1.54, 1.807) is 0 Å². The van der Waals surface area contributed by atoms with Gasteiger partial charge in [-0.25, -0.2) is 4.39 Å². The lowest BCUT2D eigenvalue weighted by Crippen LogP contribution is -2.30. The van der Waals surface area contributed by atoms with Gasteiger partial charge in [0.15, 0.2) is 0 Å². The highest BCUT2D eigenvalue weighted by Gasteiger charge is 2.47. The number of carbonyl (C=O) groups excluding carboxylic acids is 2. The van der Waals surface area contributed by atoms with Crippen molar-refractivity contribution in [2.45, 2.75) is 19.4 Å². The minimum Gasteiger partial charge on any atom is -0.278 e. The highest BCUT2D eigenvalue weighted by molar-refractivity contribution is 6.31. The summed E-state index contributed by atoms with van der Waals surface area (Å²) in [7, 11) is 0. The molecule has 5 heteroatoms. The maximum Gasteiger partial charge on any atom is 0.233 e. The molecular weight excluding hydrogens is 281 g/mol. The van der Waals surface area contributed by atoms with Gasteiger partial charge in [-0.1, -0.05) is 29.8 Å². The maximum atomic E-state index is 13.0. The van der Waals surface area contributed by atoms with Gasteiger partial charge in [-0.2, -0.15) is 0 Å². The number of hydrogen-bond donors (Lipinski definition) is 0. The molecule has 0 aromatic heterocycles. The van der Waals surface area contributed by atoms with E-state index in [0.717, 1.165) is 0 Å². The summed E-state index contributed by atoms with van der Waals surface area (Å²) in [4.78, 5) is 25.8. The molecule has 1 saturated heterocycles. The first-order chi connectivity index (χ1) is 9.58. The van der Waals surface area contributed by atoms with Crippen molar-refractivity contribution in [2.75, 3.05) is 0 Å². The Morgan fingerprint density at radius 2 is 1.75 bits per heavy atom. The van der Waals surface area contributed by atoms with Crippen LogP contribution in [0.1, 0.15) is 18.4 Å². The van der Waals surface area contributed by atoms with E-state index in [9.17, 15) is 14.0 Å². The zero-order valence-electron chi connectivity index (χ0n) is 10.7. The Balaban J connectivity index is 1.84. The molecule has 0 N–H and O–H groups in total. The van der Waals surface area contributed by atoms with Crippen molar-refractivity contribution in [3.05, 3.63) is 46.8 Å². The smallest absolute Gasteiger partial charge is 0.233 e. The molecule has 1 aliphatic heterocycles. The molecule has 0 bridgehead atoms. The quantitative estimate of drug-likeness (QED) is 0.621. The summed E-state index contributed by atoms with van der Waals surface area (Å²) in [5.74, 6) is -1.22. The summed E-state index contributed by atoms with van der Waals surface area (Å²) in [5.41, 5.74) is 0.585. The number of carbonyl (C=O) groups is 2. The highest BCUT2D eigenvalue weighted by atomic mass is 35.5. The first-order valence-corrected chi connectivity index (χ1v) is 6.90. The second kappa shape index (κ2) is 5.02. The molecule has 2 atom stereocenters. The first kappa shape index (κ1) is 13.3. The van der Waals surface area contributed by atoms with Crippen LogP contribution in [-0.2, 0) is 16.1 Å². The third-order valence-electron chi connectivity index (χ3n) is 3.94. The lowest BCUT2D eigenvalue weighted by atomic mass is 9.85. The Hall–Kier alpha value is -1.68. The molecule has 1 aromatic rings. The topological polar surface area (TPSA) is 37.4 Å². The van der Waals surface area contributed by atoms with Gasteiger partial charge in [-0.3, -0.25) is 14.5 Å². The molecule has 0 saturated carbocycles. The van der Waals surface area contributed by atoms with E-state index < -0.39 is 5.82 Å². The summed E-state index contributed by atoms with van der Waals surface area (Å²) >= 11 is 5.95. The number of likely N-dealkylation sites (tertiary alicyclic amines) is 1. The normalized spacial score (nSPS) is 25.2. The number of halogens is 2. The number of fused-ring (bicyclic) bond motifs is 1. The standard InChI is InChI=1S/C15H13ClFNO2/c16-13-7-10(17)6-5-9(13)8-18-14(19)11-3-1-2-4-12(11)15(18)20/h1-2,5-7,11-12H,3-4,8H2. The second-order valence-corrected chi connectivity index (χ2v) is 5.56. The van der Waals surface area contributed by atoms with E-state index in [4.69, 9.17) is 11.6 Å². The molecule has 1 fully saturated rings. The molecule has 104 valence electrons. The van der Waals surface area contributed by atoms with Gasteiger partial charge < -0.3 is 0 Å². The average Bonchev–Trinajstić information content (AvgIpc) is 2.67. The SMILES string of the molecule is O=C1C2CC=CCC2C(=O)N1Cc1ccc(F)cc1Cl. The van der Waals surface area contributed by atoms with Crippen molar-refractivity contribution in [3.63, 3.8) is 0 Å². The lowest BCUT2D eigenvalue weighted by Gasteiger charge is -2.15. The Bertz CT molecular complexity index is 588. The monoisotopic (exact) mass is 293 g/mol. The van der Waals surface area contributed by atoms with Gasteiger partial charge in [0, 0.05) is 5.02 Å². The van der Waals surface area contributed by atoms with Crippen molar-refractivity contribution in [3.8, 4) is 0 Å². The number of allylic oxidation sites excluding steroid dienone is 2. The van der Waals surface area contributed by atoms with Crippen molar-refractivity contribution in [1.82, 2.24) is 4.90 Å². The van der Waals surface area contributed by atoms with Crippen LogP contribution in [0.3, 0.4) is 0 Å². The fourth-order valence-corrected chi connectivity index (χ4v) is 3.07. The lowest BCUT2D eigenvalue weighted by molar-refractivity contribution is -0.140. The van der Waals surface area contributed by atoms with Crippen molar-refractivity contribution >= 4 is 23.4 Å². The number of hydrogen-bond acceptors (Lipinski definition) is 2. The number of amides is 2.